The number of benzene rings is 2. The summed E-state index contributed by atoms with van der Waals surface area (Å²) in [6, 6.07) is 20.3. The van der Waals surface area contributed by atoms with E-state index in [9.17, 15) is 28.8 Å². The molecule has 75 heavy (non-hydrogen) atoms. The van der Waals surface area contributed by atoms with E-state index in [0.717, 1.165) is 30.6 Å². The van der Waals surface area contributed by atoms with Gasteiger partial charge in [0.2, 0.25) is 11.8 Å². The van der Waals surface area contributed by atoms with Crippen molar-refractivity contribution >= 4 is 80.5 Å². The van der Waals surface area contributed by atoms with Crippen LogP contribution in [0.4, 0.5) is 0 Å². The fraction of sp³-hybridized carbons (Fsp3) is 0.407. The summed E-state index contributed by atoms with van der Waals surface area (Å²) in [4.78, 5) is 90.6. The van der Waals surface area contributed by atoms with Gasteiger partial charge in [0.15, 0.2) is 0 Å². The number of halogens is 3. The topological polar surface area (TPSA) is 217 Å². The monoisotopic (exact) mass is 1080 g/mol. The molecule has 3 N–H and O–H groups in total. The van der Waals surface area contributed by atoms with E-state index in [4.69, 9.17) is 54.1 Å². The van der Waals surface area contributed by atoms with Crippen molar-refractivity contribution in [3.05, 3.63) is 143 Å². The fourth-order valence-electron chi connectivity index (χ4n) is 8.81. The number of nitrogens with one attached hydrogen (secondary N) is 2. The van der Waals surface area contributed by atoms with E-state index in [1.807, 2.05) is 0 Å². The quantitative estimate of drug-likeness (QED) is 0.110. The third-order valence-electron chi connectivity index (χ3n) is 13.1. The molecule has 0 radical (unpaired) electrons. The van der Waals surface area contributed by atoms with Crippen LogP contribution in [0.2, 0.25) is 15.1 Å². The number of hydrogen-bond acceptors (Lipinski definition) is 12. The zero-order chi connectivity index (χ0) is 53.6. The van der Waals surface area contributed by atoms with Crippen molar-refractivity contribution in [2.45, 2.75) is 78.9 Å². The summed E-state index contributed by atoms with van der Waals surface area (Å²) in [6.07, 6.45) is 5.13. The predicted octanol–water partition coefficient (Wildman–Crippen LogP) is 6.29. The average Bonchev–Trinajstić information content (AvgIpc) is 3.33. The zero-order valence-electron chi connectivity index (χ0n) is 42.1. The summed E-state index contributed by atoms with van der Waals surface area (Å²) in [7, 11) is 0. The maximum absolute atomic E-state index is 13.5. The second kappa shape index (κ2) is 23.6. The van der Waals surface area contributed by atoms with Crippen LogP contribution in [-0.4, -0.2) is 122 Å². The van der Waals surface area contributed by atoms with Gasteiger partial charge >= 0.3 is 0 Å². The molecule has 6 aromatic rings. The maximum Gasteiger partial charge on any atom is 0.265 e. The highest BCUT2D eigenvalue weighted by Crippen LogP contribution is 2.31. The van der Waals surface area contributed by atoms with Crippen molar-refractivity contribution < 1.29 is 38.5 Å². The maximum atomic E-state index is 13.5. The summed E-state index contributed by atoms with van der Waals surface area (Å²) in [5, 5.41) is 16.2. The Labute approximate surface area is 447 Å². The minimum Gasteiger partial charge on any atom is -0.490 e. The van der Waals surface area contributed by atoms with Crippen LogP contribution in [0.3, 0.4) is 0 Å². The molecule has 0 aliphatic carbocycles. The first kappa shape index (κ1) is 54.8. The smallest absolute Gasteiger partial charge is 0.265 e. The number of carbonyl (C=O) groups is 4. The van der Waals surface area contributed by atoms with Gasteiger partial charge in [0.05, 0.1) is 29.2 Å². The van der Waals surface area contributed by atoms with E-state index in [-0.39, 0.29) is 84.4 Å². The number of fused-ring (bicyclic) bond motifs is 2. The number of pyridine rings is 4. The molecule has 2 atom stereocenters. The molecule has 0 saturated carbocycles. The van der Waals surface area contributed by atoms with Crippen LogP contribution >= 0.6 is 34.8 Å². The molecule has 4 fully saturated rings. The molecule has 10 rings (SSSR count). The summed E-state index contributed by atoms with van der Waals surface area (Å²) >= 11 is 18.2. The van der Waals surface area contributed by atoms with Crippen molar-refractivity contribution in [3.63, 3.8) is 0 Å². The Morgan fingerprint density at radius 1 is 0.653 bits per heavy atom. The molecule has 18 nitrogen and oxygen atoms in total. The summed E-state index contributed by atoms with van der Waals surface area (Å²) < 4.78 is 18.8. The van der Waals surface area contributed by atoms with Crippen molar-refractivity contribution in [1.82, 2.24) is 39.5 Å². The largest absolute Gasteiger partial charge is 0.490 e. The number of hydrogen-bond donors (Lipinski definition) is 3. The number of likely N-dealkylation sites (tertiary alicyclic amines) is 2. The Balaban J connectivity index is 0.000000180. The van der Waals surface area contributed by atoms with E-state index in [1.54, 1.807) is 70.5 Å². The lowest BCUT2D eigenvalue weighted by atomic mass is 9.84. The van der Waals surface area contributed by atoms with Crippen molar-refractivity contribution in [2.24, 2.45) is 10.8 Å². The van der Waals surface area contributed by atoms with Gasteiger partial charge in [-0.15, -0.1) is 0 Å². The molecule has 4 aliphatic heterocycles. The molecule has 4 amide bonds. The second-order valence-electron chi connectivity index (χ2n) is 20.5. The van der Waals surface area contributed by atoms with Gasteiger partial charge in [-0.25, -0.2) is 9.97 Å². The van der Waals surface area contributed by atoms with Gasteiger partial charge in [0, 0.05) is 86.7 Å². The van der Waals surface area contributed by atoms with Crippen LogP contribution in [-0.2, 0) is 45.2 Å². The standard InChI is InChI=1S/C27H29ClN4O5.C23H22Cl2N4O3.C4H8O2/c1-27(2)15-31(16-27)23(33)13-32-24-20(22(7-9-29-24)37-14-19-8-10-36-19)11-21(26(32)35)25(34)30-12-17-3-5-18(28)6-4-17;1-23(2)12-28(13-23)19(30)11-29-20-16(18(25)7-8-26-20)9-17(22(29)32)21(31)27-10-14-3-5-15(24)6-4-14;5-3-4-1-2-6-4/h3-7,9,11,19H,8,10,12-16H2,1-2H3,(H,30,34);3-9H,10-13H2,1-2H3,(H,27,31);4-5H,1-3H2. The van der Waals surface area contributed by atoms with Crippen LogP contribution in [0.5, 0.6) is 5.75 Å². The molecule has 2 unspecified atom stereocenters. The third kappa shape index (κ3) is 13.5. The highest BCUT2D eigenvalue weighted by molar-refractivity contribution is 6.35. The van der Waals surface area contributed by atoms with Gasteiger partial charge in [-0.2, -0.15) is 0 Å². The first-order chi connectivity index (χ1) is 35.8. The van der Waals surface area contributed by atoms with E-state index in [0.29, 0.717) is 76.6 Å². The molecule has 4 saturated heterocycles. The molecular weight excluding hydrogens is 1030 g/mol. The highest BCUT2D eigenvalue weighted by Gasteiger charge is 2.38. The number of carbonyl (C=O) groups excluding carboxylic acids is 4. The number of aliphatic hydroxyl groups is 1. The molecule has 21 heteroatoms. The first-order valence-electron chi connectivity index (χ1n) is 24.6. The van der Waals surface area contributed by atoms with Gasteiger partial charge < -0.3 is 39.8 Å². The van der Waals surface area contributed by atoms with Gasteiger partial charge in [0.25, 0.3) is 22.9 Å². The highest BCUT2D eigenvalue weighted by atomic mass is 35.5. The molecule has 0 bridgehead atoms. The van der Waals surface area contributed by atoms with Crippen LogP contribution in [0, 0.1) is 10.8 Å². The van der Waals surface area contributed by atoms with Gasteiger partial charge in [-0.05, 0) is 76.9 Å². The minimum absolute atomic E-state index is 0.00705. The molecule has 0 spiro atoms. The number of aromatic nitrogens is 4. The molecule has 4 aromatic heterocycles. The molecule has 4 aliphatic rings. The number of ether oxygens (including phenoxy) is 3. The van der Waals surface area contributed by atoms with Crippen LogP contribution in [0.25, 0.3) is 22.1 Å². The summed E-state index contributed by atoms with van der Waals surface area (Å²) in [5.41, 5.74) is 0.983. The van der Waals surface area contributed by atoms with Crippen LogP contribution < -0.4 is 26.5 Å². The number of amides is 4. The lowest BCUT2D eigenvalue weighted by Gasteiger charge is -2.45. The number of rotatable bonds is 14. The molecular formula is C54H59Cl3N8O10. The first-order valence-corrected chi connectivity index (χ1v) is 25.7. The van der Waals surface area contributed by atoms with E-state index < -0.39 is 22.9 Å². The predicted molar refractivity (Wildman–Crippen MR) is 284 cm³/mol. The SMILES string of the molecule is CC1(C)CN(C(=O)Cn2c(=O)c(C(=O)NCc3ccc(Cl)cc3)cc3c(Cl)ccnc32)C1.CC1(C)CN(C(=O)Cn2c(=O)c(C(=O)NCc3ccc(Cl)cc3)cc3c(OCC4CCO4)ccnc32)C1.OCC1CCO1. The van der Waals surface area contributed by atoms with E-state index in [2.05, 4.69) is 48.3 Å². The minimum atomic E-state index is -0.589. The Morgan fingerprint density at radius 3 is 1.48 bits per heavy atom. The lowest BCUT2D eigenvalue weighted by molar-refractivity contribution is -0.142. The van der Waals surface area contributed by atoms with Gasteiger partial charge in [-0.3, -0.25) is 37.9 Å². The van der Waals surface area contributed by atoms with Gasteiger partial charge in [0.1, 0.15) is 47.9 Å². The third-order valence-corrected chi connectivity index (χ3v) is 13.9. The Morgan fingerprint density at radius 2 is 1.08 bits per heavy atom. The van der Waals surface area contributed by atoms with Crippen molar-refractivity contribution in [3.8, 4) is 5.75 Å². The van der Waals surface area contributed by atoms with E-state index >= 15 is 0 Å². The number of nitrogens with zero attached hydrogens (tertiary/aromatic N) is 6. The van der Waals surface area contributed by atoms with Crippen molar-refractivity contribution in [1.29, 1.82) is 0 Å². The molecule has 8 heterocycles. The summed E-state index contributed by atoms with van der Waals surface area (Å²) in [5.74, 6) is -1.03. The Hall–Kier alpha value is -6.41. The van der Waals surface area contributed by atoms with Crippen molar-refractivity contribution in [2.75, 3.05) is 52.6 Å². The second-order valence-corrected chi connectivity index (χ2v) is 21.8. The average molecular weight is 1090 g/mol. The Bertz CT molecular complexity index is 3190. The molecule has 396 valence electrons. The molecule has 2 aromatic carbocycles. The normalized spacial score (nSPS) is 17.9. The van der Waals surface area contributed by atoms with Gasteiger partial charge in [-0.1, -0.05) is 86.8 Å². The summed E-state index contributed by atoms with van der Waals surface area (Å²) in [6.45, 7) is 12.9. The fourth-order valence-corrected chi connectivity index (χ4v) is 9.26. The van der Waals surface area contributed by atoms with E-state index in [1.165, 1.54) is 33.7 Å². The van der Waals surface area contributed by atoms with Crippen LogP contribution in [0.1, 0.15) is 72.4 Å². The van der Waals surface area contributed by atoms with Crippen LogP contribution in [0.15, 0.2) is 94.8 Å². The Kier molecular flexibility index (Phi) is 17.3. The zero-order valence-corrected chi connectivity index (χ0v) is 44.3. The number of aliphatic hydroxyl groups excluding tert-OH is 1. The lowest BCUT2D eigenvalue weighted by Crippen LogP contribution is -2.56.